The summed E-state index contributed by atoms with van der Waals surface area (Å²) in [5.41, 5.74) is 11.6. The van der Waals surface area contributed by atoms with Gasteiger partial charge in [-0.05, 0) is 60.2 Å². The van der Waals surface area contributed by atoms with Gasteiger partial charge in [0, 0.05) is 22.8 Å². The normalized spacial score (nSPS) is 17.3. The van der Waals surface area contributed by atoms with Crippen molar-refractivity contribution in [3.05, 3.63) is 151 Å². The molecule has 0 fully saturated rings. The molecule has 0 N–H and O–H groups in total. The number of aromatic nitrogens is 2. The van der Waals surface area contributed by atoms with E-state index in [1.165, 1.54) is 22.4 Å². The number of benzene rings is 4. The Kier molecular flexibility index (Phi) is 5.74. The van der Waals surface area contributed by atoms with Crippen molar-refractivity contribution in [2.75, 3.05) is 4.90 Å². The molecule has 0 saturated heterocycles. The SMILES string of the molecule is C1=CC(c2nc3c4c(cccc4n2)N(C2=CCC(c4ccc(-c5ccccc5)cc4)C=C2)c2ccccc2-3)=CCC1. The fourth-order valence-electron chi connectivity index (χ4n) is 6.31. The summed E-state index contributed by atoms with van der Waals surface area (Å²) in [6, 6.07) is 34.7. The van der Waals surface area contributed by atoms with Gasteiger partial charge in [0.25, 0.3) is 0 Å². The molecule has 1 atom stereocenters. The number of rotatable bonds is 4. The minimum absolute atomic E-state index is 0.356. The van der Waals surface area contributed by atoms with Crippen molar-refractivity contribution in [2.45, 2.75) is 25.2 Å². The first-order chi connectivity index (χ1) is 20.3. The highest BCUT2D eigenvalue weighted by molar-refractivity contribution is 6.10. The van der Waals surface area contributed by atoms with Gasteiger partial charge in [0.05, 0.1) is 28.0 Å². The maximum absolute atomic E-state index is 5.16. The number of hydrogen-bond donors (Lipinski definition) is 0. The first kappa shape index (κ1) is 23.8. The van der Waals surface area contributed by atoms with E-state index in [1.807, 2.05) is 0 Å². The predicted octanol–water partition coefficient (Wildman–Crippen LogP) is 9.78. The second-order valence-electron chi connectivity index (χ2n) is 10.9. The van der Waals surface area contributed by atoms with Gasteiger partial charge >= 0.3 is 0 Å². The van der Waals surface area contributed by atoms with Gasteiger partial charge in [-0.3, -0.25) is 0 Å². The van der Waals surface area contributed by atoms with Gasteiger partial charge in [0.15, 0.2) is 5.82 Å². The number of anilines is 2. The van der Waals surface area contributed by atoms with E-state index in [0.29, 0.717) is 5.92 Å². The largest absolute Gasteiger partial charge is 0.309 e. The zero-order valence-electron chi connectivity index (χ0n) is 22.7. The van der Waals surface area contributed by atoms with E-state index in [4.69, 9.17) is 9.97 Å². The molecule has 3 aliphatic rings. The molecule has 4 aromatic carbocycles. The Morgan fingerprint density at radius 3 is 2.27 bits per heavy atom. The molecule has 3 heteroatoms. The first-order valence-corrected chi connectivity index (χ1v) is 14.4. The Morgan fingerprint density at radius 1 is 0.659 bits per heavy atom. The van der Waals surface area contributed by atoms with E-state index in [2.05, 4.69) is 138 Å². The third-order valence-corrected chi connectivity index (χ3v) is 8.38. The second-order valence-corrected chi connectivity index (χ2v) is 10.9. The quantitative estimate of drug-likeness (QED) is 0.233. The van der Waals surface area contributed by atoms with Crippen LogP contribution in [0.2, 0.25) is 0 Å². The number of nitrogens with zero attached hydrogens (tertiary/aromatic N) is 3. The molecule has 5 aromatic rings. The van der Waals surface area contributed by atoms with Crippen LogP contribution in [0.25, 0.3) is 38.9 Å². The van der Waals surface area contributed by atoms with Crippen LogP contribution in [0, 0.1) is 0 Å². The summed E-state index contributed by atoms with van der Waals surface area (Å²) in [6.07, 6.45) is 16.7. The van der Waals surface area contributed by atoms with Crippen molar-refractivity contribution in [1.29, 1.82) is 0 Å². The molecule has 0 amide bonds. The average Bonchev–Trinajstić information content (AvgIpc) is 3.06. The Bertz CT molecular complexity index is 1910. The highest BCUT2D eigenvalue weighted by Crippen LogP contribution is 2.49. The molecule has 0 bridgehead atoms. The van der Waals surface area contributed by atoms with Gasteiger partial charge in [0.1, 0.15) is 0 Å². The zero-order valence-corrected chi connectivity index (χ0v) is 22.7. The molecule has 1 unspecified atom stereocenters. The Labute approximate surface area is 240 Å². The summed E-state index contributed by atoms with van der Waals surface area (Å²) in [5, 5.41) is 1.11. The number of allylic oxidation sites excluding steroid dienone is 7. The molecule has 3 nitrogen and oxygen atoms in total. The summed E-state index contributed by atoms with van der Waals surface area (Å²) >= 11 is 0. The van der Waals surface area contributed by atoms with Crippen LogP contribution < -0.4 is 4.90 Å². The smallest absolute Gasteiger partial charge is 0.160 e. The molecule has 2 heterocycles. The molecule has 0 spiro atoms. The predicted molar refractivity (Wildman–Crippen MR) is 170 cm³/mol. The lowest BCUT2D eigenvalue weighted by Gasteiger charge is -2.34. The van der Waals surface area contributed by atoms with E-state index >= 15 is 0 Å². The van der Waals surface area contributed by atoms with Gasteiger partial charge in [-0.2, -0.15) is 0 Å². The van der Waals surface area contributed by atoms with Crippen molar-refractivity contribution >= 4 is 27.9 Å². The highest BCUT2D eigenvalue weighted by Gasteiger charge is 2.29. The van der Waals surface area contributed by atoms with Crippen LogP contribution in [-0.4, -0.2) is 9.97 Å². The topological polar surface area (TPSA) is 29.0 Å². The van der Waals surface area contributed by atoms with E-state index in [0.717, 1.165) is 64.2 Å². The lowest BCUT2D eigenvalue weighted by atomic mass is 9.89. The molecule has 1 aromatic heterocycles. The molecule has 2 aliphatic carbocycles. The molecular weight excluding hydrogens is 498 g/mol. The molecule has 41 heavy (non-hydrogen) atoms. The molecule has 0 saturated carbocycles. The van der Waals surface area contributed by atoms with Gasteiger partial charge in [0.2, 0.25) is 0 Å². The molecule has 196 valence electrons. The lowest BCUT2D eigenvalue weighted by Crippen LogP contribution is -2.21. The lowest BCUT2D eigenvalue weighted by molar-refractivity contribution is 0.840. The third-order valence-electron chi connectivity index (χ3n) is 8.38. The summed E-state index contributed by atoms with van der Waals surface area (Å²) in [4.78, 5) is 12.6. The fourth-order valence-corrected chi connectivity index (χ4v) is 6.31. The Morgan fingerprint density at radius 2 is 1.46 bits per heavy atom. The van der Waals surface area contributed by atoms with E-state index in [1.54, 1.807) is 0 Å². The monoisotopic (exact) mass is 527 g/mol. The van der Waals surface area contributed by atoms with Gasteiger partial charge in [-0.1, -0.05) is 109 Å². The molecule has 8 rings (SSSR count). The van der Waals surface area contributed by atoms with Crippen molar-refractivity contribution in [3.63, 3.8) is 0 Å². The van der Waals surface area contributed by atoms with Crippen LogP contribution in [0.4, 0.5) is 11.4 Å². The van der Waals surface area contributed by atoms with Gasteiger partial charge in [-0.25, -0.2) is 9.97 Å². The van der Waals surface area contributed by atoms with E-state index < -0.39 is 0 Å². The standard InChI is InChI=1S/C38H29N3/c1-3-10-26(11-4-1)27-18-20-28(21-19-27)29-22-24-31(25-23-29)41-34-16-8-7-14-32(34)37-36-33(15-9-17-35(36)41)39-38(40-37)30-12-5-2-6-13-30/h1,3-5,7-22,24-25,29H,2,6,23H2. The minimum Gasteiger partial charge on any atom is -0.309 e. The maximum atomic E-state index is 5.16. The van der Waals surface area contributed by atoms with Crippen LogP contribution in [0.15, 0.2) is 139 Å². The van der Waals surface area contributed by atoms with Crippen LogP contribution >= 0.6 is 0 Å². The number of fused-ring (bicyclic) bond motifs is 2. The van der Waals surface area contributed by atoms with Crippen molar-refractivity contribution in [1.82, 2.24) is 9.97 Å². The van der Waals surface area contributed by atoms with Crippen molar-refractivity contribution in [3.8, 4) is 22.4 Å². The molecular formula is C38H29N3. The zero-order chi connectivity index (χ0) is 27.2. The minimum atomic E-state index is 0.356. The Hall–Kier alpha value is -5.02. The summed E-state index contributed by atoms with van der Waals surface area (Å²) in [7, 11) is 0. The van der Waals surface area contributed by atoms with Crippen LogP contribution in [0.3, 0.4) is 0 Å². The van der Waals surface area contributed by atoms with Crippen LogP contribution in [0.1, 0.15) is 36.6 Å². The number of para-hydroxylation sites is 1. The second kappa shape index (κ2) is 9.87. The summed E-state index contributed by atoms with van der Waals surface area (Å²) < 4.78 is 0. The maximum Gasteiger partial charge on any atom is 0.160 e. The Balaban J connectivity index is 1.16. The average molecular weight is 528 g/mol. The van der Waals surface area contributed by atoms with Gasteiger partial charge in [-0.15, -0.1) is 0 Å². The van der Waals surface area contributed by atoms with Crippen LogP contribution in [0.5, 0.6) is 0 Å². The summed E-state index contributed by atoms with van der Waals surface area (Å²) in [6.45, 7) is 0. The van der Waals surface area contributed by atoms with E-state index in [-0.39, 0.29) is 0 Å². The molecule has 0 radical (unpaired) electrons. The van der Waals surface area contributed by atoms with E-state index in [9.17, 15) is 0 Å². The van der Waals surface area contributed by atoms with Crippen molar-refractivity contribution in [2.24, 2.45) is 0 Å². The first-order valence-electron chi connectivity index (χ1n) is 14.4. The highest BCUT2D eigenvalue weighted by atomic mass is 15.2. The summed E-state index contributed by atoms with van der Waals surface area (Å²) in [5.74, 6) is 1.16. The fraction of sp³-hybridized carbons (Fsp3) is 0.105. The van der Waals surface area contributed by atoms with Gasteiger partial charge < -0.3 is 4.90 Å². The number of hydrogen-bond acceptors (Lipinski definition) is 3. The molecule has 1 aliphatic heterocycles. The van der Waals surface area contributed by atoms with Crippen LogP contribution in [-0.2, 0) is 0 Å². The van der Waals surface area contributed by atoms with Crippen molar-refractivity contribution < 1.29 is 0 Å². The third kappa shape index (κ3) is 4.13.